The average Bonchev–Trinajstić information content (AvgIpc) is 2.88. The van der Waals surface area contributed by atoms with E-state index >= 15 is 0 Å². The van der Waals surface area contributed by atoms with Gasteiger partial charge >= 0.3 is 0 Å². The van der Waals surface area contributed by atoms with E-state index in [9.17, 15) is 0 Å². The Kier molecular flexibility index (Phi) is 29.2. The van der Waals surface area contributed by atoms with Gasteiger partial charge in [0.15, 0.2) is 0 Å². The highest BCUT2D eigenvalue weighted by Crippen LogP contribution is 2.18. The average molecular weight is 491 g/mol. The van der Waals surface area contributed by atoms with E-state index < -0.39 is 0 Å². The van der Waals surface area contributed by atoms with E-state index in [0.717, 1.165) is 12.8 Å². The van der Waals surface area contributed by atoms with Crippen LogP contribution in [0, 0.1) is 0 Å². The normalized spacial score (nSPS) is 13.1. The SMILES string of the molecule is C=CC(CCCCCCCCCCCCCC)OC(C=C)CCCCCCCCCCCCCC. The molecule has 0 aromatic heterocycles. The Morgan fingerprint density at radius 3 is 0.857 bits per heavy atom. The lowest BCUT2D eigenvalue weighted by Crippen LogP contribution is -2.19. The largest absolute Gasteiger partial charge is 0.367 e. The minimum absolute atomic E-state index is 0.193. The second kappa shape index (κ2) is 29.7. The third-order valence-electron chi connectivity index (χ3n) is 7.56. The monoisotopic (exact) mass is 491 g/mol. The van der Waals surface area contributed by atoms with Gasteiger partial charge in [-0.05, 0) is 12.8 Å². The fourth-order valence-corrected chi connectivity index (χ4v) is 5.08. The van der Waals surface area contributed by atoms with Gasteiger partial charge in [0.05, 0.1) is 12.2 Å². The molecule has 1 nitrogen and oxygen atoms in total. The van der Waals surface area contributed by atoms with Crippen molar-refractivity contribution in [3.8, 4) is 0 Å². The number of hydrogen-bond donors (Lipinski definition) is 0. The third-order valence-corrected chi connectivity index (χ3v) is 7.56. The molecule has 1 heteroatoms. The molecule has 0 aromatic carbocycles. The van der Waals surface area contributed by atoms with Crippen molar-refractivity contribution >= 4 is 0 Å². The van der Waals surface area contributed by atoms with Crippen LogP contribution in [0.15, 0.2) is 25.3 Å². The van der Waals surface area contributed by atoms with Crippen LogP contribution in [-0.4, -0.2) is 12.2 Å². The Hall–Kier alpha value is -0.560. The fourth-order valence-electron chi connectivity index (χ4n) is 5.08. The Balaban J connectivity index is 3.57. The molecule has 0 heterocycles. The third kappa shape index (κ3) is 26.3. The van der Waals surface area contributed by atoms with Crippen LogP contribution in [0.5, 0.6) is 0 Å². The molecule has 0 radical (unpaired) electrons. The molecule has 0 aliphatic heterocycles. The van der Waals surface area contributed by atoms with Crippen molar-refractivity contribution in [1.82, 2.24) is 0 Å². The maximum atomic E-state index is 6.31. The van der Waals surface area contributed by atoms with Crippen molar-refractivity contribution in [1.29, 1.82) is 0 Å². The first kappa shape index (κ1) is 34.4. The van der Waals surface area contributed by atoms with Crippen molar-refractivity contribution < 1.29 is 4.74 Å². The second-order valence-corrected chi connectivity index (χ2v) is 11.0. The van der Waals surface area contributed by atoms with Gasteiger partial charge in [-0.15, -0.1) is 13.2 Å². The first-order valence-corrected chi connectivity index (χ1v) is 16.2. The zero-order valence-electron chi connectivity index (χ0n) is 24.5. The Labute approximate surface area is 223 Å². The minimum atomic E-state index is 0.193. The van der Waals surface area contributed by atoms with E-state index in [0.29, 0.717) is 0 Å². The zero-order chi connectivity index (χ0) is 25.7. The summed E-state index contributed by atoms with van der Waals surface area (Å²) in [4.78, 5) is 0. The Morgan fingerprint density at radius 2 is 0.629 bits per heavy atom. The summed E-state index contributed by atoms with van der Waals surface area (Å²) in [7, 11) is 0. The second-order valence-electron chi connectivity index (χ2n) is 11.0. The van der Waals surface area contributed by atoms with Crippen molar-refractivity contribution in [3.05, 3.63) is 25.3 Å². The highest BCUT2D eigenvalue weighted by Gasteiger charge is 2.11. The Morgan fingerprint density at radius 1 is 0.400 bits per heavy atom. The molecule has 0 saturated carbocycles. The predicted octanol–water partition coefficient (Wildman–Crippen LogP) is 12.3. The molecule has 0 spiro atoms. The summed E-state index contributed by atoms with van der Waals surface area (Å²) in [6.07, 6.45) is 40.2. The van der Waals surface area contributed by atoms with Gasteiger partial charge in [0.1, 0.15) is 0 Å². The van der Waals surface area contributed by atoms with Gasteiger partial charge in [-0.25, -0.2) is 0 Å². The van der Waals surface area contributed by atoms with E-state index in [-0.39, 0.29) is 12.2 Å². The van der Waals surface area contributed by atoms with Crippen LogP contribution < -0.4 is 0 Å². The van der Waals surface area contributed by atoms with E-state index in [2.05, 4.69) is 27.0 Å². The van der Waals surface area contributed by atoms with E-state index in [1.54, 1.807) is 0 Å². The summed E-state index contributed by atoms with van der Waals surface area (Å²) in [6.45, 7) is 12.6. The van der Waals surface area contributed by atoms with Crippen LogP contribution in [0.1, 0.15) is 181 Å². The molecule has 0 bridgehead atoms. The van der Waals surface area contributed by atoms with Gasteiger partial charge in [-0.2, -0.15) is 0 Å². The molecule has 208 valence electrons. The minimum Gasteiger partial charge on any atom is -0.367 e. The quantitative estimate of drug-likeness (QED) is 0.0718. The number of ether oxygens (including phenoxy) is 1. The predicted molar refractivity (Wildman–Crippen MR) is 160 cm³/mol. The van der Waals surface area contributed by atoms with E-state index in [1.807, 2.05) is 12.2 Å². The molecule has 0 aromatic rings. The molecule has 0 aliphatic carbocycles. The van der Waals surface area contributed by atoms with Gasteiger partial charge in [0.2, 0.25) is 0 Å². The molecule has 0 N–H and O–H groups in total. The zero-order valence-corrected chi connectivity index (χ0v) is 24.5. The summed E-state index contributed by atoms with van der Waals surface area (Å²) in [6, 6.07) is 0. The summed E-state index contributed by atoms with van der Waals surface area (Å²) >= 11 is 0. The molecule has 0 fully saturated rings. The molecule has 0 aliphatic rings. The molecule has 0 amide bonds. The lowest BCUT2D eigenvalue weighted by atomic mass is 10.0. The maximum Gasteiger partial charge on any atom is 0.0761 e. The smallest absolute Gasteiger partial charge is 0.0761 e. The van der Waals surface area contributed by atoms with Gasteiger partial charge in [0, 0.05) is 0 Å². The lowest BCUT2D eigenvalue weighted by molar-refractivity contribution is 0.0299. The molecule has 35 heavy (non-hydrogen) atoms. The van der Waals surface area contributed by atoms with Crippen LogP contribution in [0.3, 0.4) is 0 Å². The van der Waals surface area contributed by atoms with Gasteiger partial charge < -0.3 is 4.74 Å². The van der Waals surface area contributed by atoms with Crippen LogP contribution in [-0.2, 0) is 4.74 Å². The topological polar surface area (TPSA) is 9.23 Å². The molecule has 2 unspecified atom stereocenters. The first-order valence-electron chi connectivity index (χ1n) is 16.2. The summed E-state index contributed by atoms with van der Waals surface area (Å²) in [5, 5.41) is 0. The van der Waals surface area contributed by atoms with E-state index in [4.69, 9.17) is 4.74 Å². The van der Waals surface area contributed by atoms with Crippen molar-refractivity contribution in [2.24, 2.45) is 0 Å². The van der Waals surface area contributed by atoms with Gasteiger partial charge in [0.25, 0.3) is 0 Å². The van der Waals surface area contributed by atoms with Crippen molar-refractivity contribution in [2.75, 3.05) is 0 Å². The van der Waals surface area contributed by atoms with Crippen molar-refractivity contribution in [2.45, 2.75) is 193 Å². The van der Waals surface area contributed by atoms with Crippen LogP contribution >= 0.6 is 0 Å². The number of hydrogen-bond acceptors (Lipinski definition) is 1. The summed E-state index contributed by atoms with van der Waals surface area (Å²) in [5.41, 5.74) is 0. The molecule has 2 atom stereocenters. The highest BCUT2D eigenvalue weighted by molar-refractivity contribution is 4.86. The molecular formula is C34H66O. The summed E-state index contributed by atoms with van der Waals surface area (Å²) < 4.78 is 6.31. The van der Waals surface area contributed by atoms with Crippen LogP contribution in [0.25, 0.3) is 0 Å². The lowest BCUT2D eigenvalue weighted by Gasteiger charge is -2.20. The highest BCUT2D eigenvalue weighted by atomic mass is 16.5. The fraction of sp³-hybridized carbons (Fsp3) is 0.882. The van der Waals surface area contributed by atoms with Crippen molar-refractivity contribution in [3.63, 3.8) is 0 Å². The maximum absolute atomic E-state index is 6.31. The Bertz CT molecular complexity index is 377. The molecule has 0 rings (SSSR count). The van der Waals surface area contributed by atoms with Crippen LogP contribution in [0.4, 0.5) is 0 Å². The number of rotatable bonds is 30. The summed E-state index contributed by atoms with van der Waals surface area (Å²) in [5.74, 6) is 0. The van der Waals surface area contributed by atoms with E-state index in [1.165, 1.54) is 154 Å². The first-order chi connectivity index (χ1) is 17.3. The van der Waals surface area contributed by atoms with Gasteiger partial charge in [-0.1, -0.05) is 180 Å². The van der Waals surface area contributed by atoms with Gasteiger partial charge in [-0.3, -0.25) is 0 Å². The molecule has 0 saturated heterocycles. The van der Waals surface area contributed by atoms with Crippen LogP contribution in [0.2, 0.25) is 0 Å². The standard InChI is InChI=1S/C34H66O/c1-5-9-11-13-15-17-19-21-23-25-27-29-31-33(7-3)35-34(8-4)32-30-28-26-24-22-20-18-16-14-12-10-6-2/h7-8,33-34H,3-6,9-32H2,1-2H3. The molecular weight excluding hydrogens is 424 g/mol. The number of unbranched alkanes of at least 4 members (excludes halogenated alkanes) is 22.